The van der Waals surface area contributed by atoms with Gasteiger partial charge in [-0.3, -0.25) is 4.79 Å². The number of amides is 1. The Morgan fingerprint density at radius 3 is 2.40 bits per heavy atom. The van der Waals surface area contributed by atoms with Gasteiger partial charge in [0.25, 0.3) is 5.91 Å². The minimum Gasteiger partial charge on any atom is -0.445 e. The van der Waals surface area contributed by atoms with Gasteiger partial charge in [0, 0.05) is 95.1 Å². The maximum atomic E-state index is 14.1. The number of fused-ring (bicyclic) bond motifs is 1. The molecular weight excluding hydrogens is 716 g/mol. The summed E-state index contributed by atoms with van der Waals surface area (Å²) in [7, 11) is -0.774. The first-order valence-corrected chi connectivity index (χ1v) is 19.0. The van der Waals surface area contributed by atoms with E-state index in [1.165, 1.54) is 7.11 Å². The smallest absolute Gasteiger partial charge is 0.435 e. The molecular formula is C35H45F2N7O8S. The summed E-state index contributed by atoms with van der Waals surface area (Å²) < 4.78 is 78.6. The van der Waals surface area contributed by atoms with E-state index in [1.54, 1.807) is 6.07 Å². The predicted octanol–water partition coefficient (Wildman–Crippen LogP) is 3.15. The van der Waals surface area contributed by atoms with Crippen molar-refractivity contribution >= 4 is 39.2 Å². The molecule has 6 rings (SSSR count). The molecule has 2 aromatic carbocycles. The first-order valence-electron chi connectivity index (χ1n) is 17.6. The van der Waals surface area contributed by atoms with Crippen LogP contribution in [0.3, 0.4) is 0 Å². The van der Waals surface area contributed by atoms with Gasteiger partial charge in [0.05, 0.1) is 36.0 Å². The number of hydrogen-bond donors (Lipinski definition) is 2. The minimum absolute atomic E-state index is 0.00898. The van der Waals surface area contributed by atoms with Gasteiger partial charge in [-0.25, -0.2) is 22.0 Å². The van der Waals surface area contributed by atoms with Crippen LogP contribution in [-0.2, 0) is 41.9 Å². The highest BCUT2D eigenvalue weighted by molar-refractivity contribution is 7.89. The second-order valence-corrected chi connectivity index (χ2v) is 15.0. The second-order valence-electron chi connectivity index (χ2n) is 13.1. The molecule has 2 saturated heterocycles. The summed E-state index contributed by atoms with van der Waals surface area (Å²) in [4.78, 5) is 31.4. The molecule has 18 heteroatoms. The third kappa shape index (κ3) is 9.31. The largest absolute Gasteiger partial charge is 0.445 e. The molecule has 3 aromatic rings. The van der Waals surface area contributed by atoms with E-state index >= 15 is 0 Å². The van der Waals surface area contributed by atoms with Crippen LogP contribution in [0.4, 0.5) is 30.8 Å². The van der Waals surface area contributed by atoms with E-state index in [2.05, 4.69) is 32.6 Å². The Bertz CT molecular complexity index is 1860. The Balaban J connectivity index is 1.29. The van der Waals surface area contributed by atoms with Crippen molar-refractivity contribution in [1.29, 1.82) is 0 Å². The standard InChI is InChI=1S/C35H45F2N7O8S/c1-41-9-11-42(12-10-41)27-3-4-29(31(22-27)38-26-6-13-50-14-7-26)34(45)39-33-30-23-43(53(47,48)28-20-24(36)19-25(37)21-28)8-5-32(30)44(40-33)35(46)52-18-17-51-16-15-49-2/h3-4,19-22,26,38H,5-18,23H2,1-2H3,(H,39,40,45). The average Bonchev–Trinajstić information content (AvgIpc) is 3.50. The van der Waals surface area contributed by atoms with Crippen molar-refractivity contribution in [3.05, 3.63) is 64.9 Å². The molecule has 0 saturated carbocycles. The third-order valence-corrected chi connectivity index (χ3v) is 11.3. The van der Waals surface area contributed by atoms with Gasteiger partial charge in [-0.1, -0.05) is 0 Å². The number of methoxy groups -OCH3 is 1. The Kier molecular flexibility index (Phi) is 12.6. The van der Waals surface area contributed by atoms with Crippen LogP contribution in [0.5, 0.6) is 0 Å². The first-order chi connectivity index (χ1) is 25.5. The fourth-order valence-corrected chi connectivity index (χ4v) is 7.97. The summed E-state index contributed by atoms with van der Waals surface area (Å²) >= 11 is 0. The second kappa shape index (κ2) is 17.3. The summed E-state index contributed by atoms with van der Waals surface area (Å²) in [6, 6.07) is 7.73. The molecule has 0 unspecified atom stereocenters. The highest BCUT2D eigenvalue weighted by Crippen LogP contribution is 2.32. The molecule has 0 bridgehead atoms. The number of benzene rings is 2. The van der Waals surface area contributed by atoms with Crippen LogP contribution < -0.4 is 15.5 Å². The van der Waals surface area contributed by atoms with Crippen molar-refractivity contribution in [2.45, 2.75) is 36.7 Å². The number of rotatable bonds is 13. The first kappa shape index (κ1) is 38.5. The van der Waals surface area contributed by atoms with Gasteiger partial charge < -0.3 is 39.4 Å². The van der Waals surface area contributed by atoms with Crippen molar-refractivity contribution in [3.63, 3.8) is 0 Å². The highest BCUT2D eigenvalue weighted by Gasteiger charge is 2.35. The van der Waals surface area contributed by atoms with E-state index in [-0.39, 0.29) is 50.1 Å². The number of nitrogens with one attached hydrogen (secondary N) is 2. The number of likely N-dealkylation sites (N-methyl/N-ethyl adjacent to an activating group) is 1. The number of nitrogens with zero attached hydrogens (tertiary/aromatic N) is 5. The molecule has 2 N–H and O–H groups in total. The van der Waals surface area contributed by atoms with E-state index in [0.29, 0.717) is 49.4 Å². The molecule has 3 aliphatic heterocycles. The lowest BCUT2D eigenvalue weighted by atomic mass is 10.1. The summed E-state index contributed by atoms with van der Waals surface area (Å²) in [5, 5.41) is 10.8. The molecule has 0 spiro atoms. The maximum Gasteiger partial charge on any atom is 0.435 e. The summed E-state index contributed by atoms with van der Waals surface area (Å²) in [5.74, 6) is -2.67. The van der Waals surface area contributed by atoms with Crippen molar-refractivity contribution in [2.24, 2.45) is 0 Å². The predicted molar refractivity (Wildman–Crippen MR) is 191 cm³/mol. The number of hydrogen-bond acceptors (Lipinski definition) is 12. The van der Waals surface area contributed by atoms with Crippen molar-refractivity contribution in [2.75, 3.05) is 102 Å². The van der Waals surface area contributed by atoms with Gasteiger partial charge >= 0.3 is 6.09 Å². The van der Waals surface area contributed by atoms with Gasteiger partial charge in [0.1, 0.15) is 18.2 Å². The lowest BCUT2D eigenvalue weighted by Gasteiger charge is -2.34. The Labute approximate surface area is 307 Å². The molecule has 53 heavy (non-hydrogen) atoms. The number of sulfonamides is 1. The van der Waals surface area contributed by atoms with Gasteiger partial charge in [-0.05, 0) is 50.2 Å². The zero-order valence-corrected chi connectivity index (χ0v) is 30.6. The molecule has 4 heterocycles. The zero-order valence-electron chi connectivity index (χ0n) is 29.8. The van der Waals surface area contributed by atoms with Gasteiger partial charge in [-0.15, -0.1) is 5.10 Å². The van der Waals surface area contributed by atoms with Gasteiger partial charge in [-0.2, -0.15) is 8.99 Å². The SMILES string of the molecule is COCCOCCOC(=O)n1nc(NC(=O)c2ccc(N3CCN(C)CC3)cc2NC2CCOCC2)c2c1CCN(S(=O)(=O)c1cc(F)cc(F)c1)C2. The number of carbonyl (C=O) groups excluding carboxylic acids is 2. The number of ether oxygens (including phenoxy) is 4. The van der Waals surface area contributed by atoms with Crippen LogP contribution in [0.2, 0.25) is 0 Å². The lowest BCUT2D eigenvalue weighted by molar-refractivity contribution is 0.0417. The van der Waals surface area contributed by atoms with E-state index in [1.807, 2.05) is 12.1 Å². The van der Waals surface area contributed by atoms with Gasteiger partial charge in [0.15, 0.2) is 5.82 Å². The quantitative estimate of drug-likeness (QED) is 0.246. The average molecular weight is 762 g/mol. The molecule has 0 aliphatic carbocycles. The van der Waals surface area contributed by atoms with E-state index in [9.17, 15) is 26.8 Å². The van der Waals surface area contributed by atoms with Crippen LogP contribution in [-0.4, -0.2) is 132 Å². The Hall–Kier alpha value is -4.20. The van der Waals surface area contributed by atoms with Crippen LogP contribution in [0.15, 0.2) is 41.3 Å². The number of piperazine rings is 1. The lowest BCUT2D eigenvalue weighted by Crippen LogP contribution is -2.44. The van der Waals surface area contributed by atoms with E-state index < -0.39 is 38.6 Å². The number of carbonyl (C=O) groups is 2. The third-order valence-electron chi connectivity index (χ3n) is 9.48. The normalized spacial score (nSPS) is 17.4. The molecule has 288 valence electrons. The van der Waals surface area contributed by atoms with Crippen LogP contribution in [0.25, 0.3) is 0 Å². The summed E-state index contributed by atoms with van der Waals surface area (Å²) in [6.45, 7) is 4.89. The fourth-order valence-electron chi connectivity index (χ4n) is 6.52. The topological polar surface area (TPSA) is 157 Å². The molecule has 0 radical (unpaired) electrons. The summed E-state index contributed by atoms with van der Waals surface area (Å²) in [6.07, 6.45) is 0.664. The highest BCUT2D eigenvalue weighted by atomic mass is 32.2. The van der Waals surface area contributed by atoms with Crippen LogP contribution in [0.1, 0.15) is 34.5 Å². The van der Waals surface area contributed by atoms with E-state index in [4.69, 9.17) is 18.9 Å². The van der Waals surface area contributed by atoms with Gasteiger partial charge in [0.2, 0.25) is 10.0 Å². The maximum absolute atomic E-state index is 14.1. The monoisotopic (exact) mass is 761 g/mol. The number of aromatic nitrogens is 2. The fraction of sp³-hybridized carbons (Fsp3) is 0.514. The van der Waals surface area contributed by atoms with Crippen molar-refractivity contribution < 1.29 is 45.7 Å². The van der Waals surface area contributed by atoms with Crippen LogP contribution in [0, 0.1) is 11.6 Å². The minimum atomic E-state index is -4.39. The Morgan fingerprint density at radius 1 is 0.962 bits per heavy atom. The number of halogens is 2. The zero-order chi connectivity index (χ0) is 37.5. The van der Waals surface area contributed by atoms with E-state index in [0.717, 1.165) is 65.8 Å². The molecule has 1 aromatic heterocycles. The van der Waals surface area contributed by atoms with Crippen molar-refractivity contribution in [1.82, 2.24) is 19.0 Å². The molecule has 15 nitrogen and oxygen atoms in total. The number of anilines is 3. The molecule has 1 amide bonds. The molecule has 0 atom stereocenters. The Morgan fingerprint density at radius 2 is 1.68 bits per heavy atom. The van der Waals surface area contributed by atoms with Crippen molar-refractivity contribution in [3.8, 4) is 0 Å². The summed E-state index contributed by atoms with van der Waals surface area (Å²) in [5.41, 5.74) is 2.47. The molecule has 2 fully saturated rings. The van der Waals surface area contributed by atoms with Crippen LogP contribution >= 0.6 is 0 Å². The molecule has 3 aliphatic rings.